The summed E-state index contributed by atoms with van der Waals surface area (Å²) in [7, 11) is -2.76. The smallest absolute Gasteiger partial charge is 0.337 e. The summed E-state index contributed by atoms with van der Waals surface area (Å²) < 4.78 is 24.8. The summed E-state index contributed by atoms with van der Waals surface area (Å²) in [5.41, 5.74) is 4.70. The maximum atomic E-state index is 12.0. The van der Waals surface area contributed by atoms with Gasteiger partial charge in [-0.3, -0.25) is 4.79 Å². The van der Waals surface area contributed by atoms with Crippen molar-refractivity contribution in [3.05, 3.63) is 28.8 Å². The molecule has 9 heteroatoms. The van der Waals surface area contributed by atoms with Gasteiger partial charge in [0.2, 0.25) is 15.9 Å². The van der Waals surface area contributed by atoms with Crippen molar-refractivity contribution in [2.75, 3.05) is 13.6 Å². The van der Waals surface area contributed by atoms with Crippen molar-refractivity contribution < 1.29 is 23.1 Å². The Balaban J connectivity index is 3.20. The second-order valence-electron chi connectivity index (χ2n) is 3.67. The normalized spacial score (nSPS) is 11.5. The van der Waals surface area contributed by atoms with Gasteiger partial charge in [-0.15, -0.1) is 0 Å². The number of carboxylic acids is 1. The van der Waals surface area contributed by atoms with Crippen LogP contribution in [0.1, 0.15) is 10.4 Å². The van der Waals surface area contributed by atoms with Gasteiger partial charge in [0.05, 0.1) is 22.0 Å². The van der Waals surface area contributed by atoms with Gasteiger partial charge in [-0.1, -0.05) is 11.6 Å². The van der Waals surface area contributed by atoms with E-state index in [1.807, 2.05) is 0 Å². The lowest BCUT2D eigenvalue weighted by Gasteiger charge is -2.15. The number of primary amides is 1. The number of amides is 1. The minimum absolute atomic E-state index is 0.207. The molecule has 1 rings (SSSR count). The zero-order valence-corrected chi connectivity index (χ0v) is 11.4. The molecule has 0 atom stereocenters. The minimum atomic E-state index is -3.94. The number of hydrogen-bond donors (Lipinski definition) is 2. The molecule has 3 N–H and O–H groups in total. The molecule has 0 saturated heterocycles. The lowest BCUT2D eigenvalue weighted by Crippen LogP contribution is -2.35. The number of carboxylic acid groups (broad SMARTS) is 1. The summed E-state index contributed by atoms with van der Waals surface area (Å²) in [4.78, 5) is 21.3. The van der Waals surface area contributed by atoms with Crippen LogP contribution in [0.4, 0.5) is 0 Å². The highest BCUT2D eigenvalue weighted by Crippen LogP contribution is 2.22. The third-order valence-corrected chi connectivity index (χ3v) is 4.37. The van der Waals surface area contributed by atoms with Gasteiger partial charge in [-0.2, -0.15) is 4.31 Å². The summed E-state index contributed by atoms with van der Waals surface area (Å²) in [6, 6.07) is 3.19. The monoisotopic (exact) mass is 306 g/mol. The van der Waals surface area contributed by atoms with E-state index in [1.54, 1.807) is 0 Å². The van der Waals surface area contributed by atoms with Crippen molar-refractivity contribution in [3.63, 3.8) is 0 Å². The van der Waals surface area contributed by atoms with E-state index in [4.69, 9.17) is 22.4 Å². The van der Waals surface area contributed by atoms with Gasteiger partial charge in [0.1, 0.15) is 0 Å². The van der Waals surface area contributed by atoms with Gasteiger partial charge in [0, 0.05) is 7.05 Å². The molecule has 0 heterocycles. The summed E-state index contributed by atoms with van der Waals surface area (Å²) in [6.07, 6.45) is 0. The summed E-state index contributed by atoms with van der Waals surface area (Å²) in [5, 5.41) is 8.57. The van der Waals surface area contributed by atoms with Crippen molar-refractivity contribution in [1.29, 1.82) is 0 Å². The van der Waals surface area contributed by atoms with E-state index in [9.17, 15) is 18.0 Å². The Kier molecular flexibility index (Phi) is 4.51. The fourth-order valence-electron chi connectivity index (χ4n) is 1.31. The van der Waals surface area contributed by atoms with E-state index in [2.05, 4.69) is 0 Å². The van der Waals surface area contributed by atoms with Crippen molar-refractivity contribution >= 4 is 33.5 Å². The fraction of sp³-hybridized carbons (Fsp3) is 0.200. The number of hydrogen-bond acceptors (Lipinski definition) is 4. The van der Waals surface area contributed by atoms with Crippen molar-refractivity contribution in [2.24, 2.45) is 5.73 Å². The first-order chi connectivity index (χ1) is 8.66. The Bertz CT molecular complexity index is 629. The van der Waals surface area contributed by atoms with Crippen LogP contribution in [0.3, 0.4) is 0 Å². The van der Waals surface area contributed by atoms with Crippen LogP contribution < -0.4 is 5.73 Å². The Morgan fingerprint density at radius 2 is 2.00 bits per heavy atom. The van der Waals surface area contributed by atoms with E-state index in [1.165, 1.54) is 7.05 Å². The van der Waals surface area contributed by atoms with Crippen molar-refractivity contribution in [3.8, 4) is 0 Å². The van der Waals surface area contributed by atoms with Gasteiger partial charge < -0.3 is 10.8 Å². The van der Waals surface area contributed by atoms with Gasteiger partial charge >= 0.3 is 5.97 Å². The molecule has 0 aliphatic heterocycles. The SMILES string of the molecule is CN(CC(N)=O)S(=O)(=O)c1ccc(C(=O)O)c(Cl)c1. The fourth-order valence-corrected chi connectivity index (χ4v) is 2.80. The lowest BCUT2D eigenvalue weighted by molar-refractivity contribution is -0.118. The summed E-state index contributed by atoms with van der Waals surface area (Å²) >= 11 is 5.69. The predicted molar refractivity (Wildman–Crippen MR) is 67.4 cm³/mol. The number of benzene rings is 1. The van der Waals surface area contributed by atoms with Crippen LogP contribution >= 0.6 is 11.6 Å². The van der Waals surface area contributed by atoms with Crippen molar-refractivity contribution in [1.82, 2.24) is 4.31 Å². The van der Waals surface area contributed by atoms with Gasteiger partial charge in [-0.05, 0) is 18.2 Å². The Labute approximate surface area is 114 Å². The van der Waals surface area contributed by atoms with Crippen LogP contribution in [-0.4, -0.2) is 43.3 Å². The van der Waals surface area contributed by atoms with Crippen LogP contribution in [0.15, 0.2) is 23.1 Å². The number of likely N-dealkylation sites (N-methyl/N-ethyl adjacent to an activating group) is 1. The molecule has 1 aromatic carbocycles. The minimum Gasteiger partial charge on any atom is -0.478 e. The molecule has 7 nitrogen and oxygen atoms in total. The largest absolute Gasteiger partial charge is 0.478 e. The highest BCUT2D eigenvalue weighted by atomic mass is 35.5. The Morgan fingerprint density at radius 3 is 2.42 bits per heavy atom. The summed E-state index contributed by atoms with van der Waals surface area (Å²) in [5.74, 6) is -2.07. The maximum absolute atomic E-state index is 12.0. The number of carbonyl (C=O) groups is 2. The van der Waals surface area contributed by atoms with E-state index in [0.717, 1.165) is 22.5 Å². The third-order valence-electron chi connectivity index (χ3n) is 2.26. The van der Waals surface area contributed by atoms with Crippen LogP contribution in [0, 0.1) is 0 Å². The van der Waals surface area contributed by atoms with Crippen LogP contribution in [0.5, 0.6) is 0 Å². The number of carbonyl (C=O) groups excluding carboxylic acids is 1. The first kappa shape index (κ1) is 15.4. The second kappa shape index (κ2) is 5.55. The van der Waals surface area contributed by atoms with Crippen LogP contribution in [0.2, 0.25) is 5.02 Å². The predicted octanol–water partition coefficient (Wildman–Crippen LogP) is 0.144. The van der Waals surface area contributed by atoms with Gasteiger partial charge in [0.15, 0.2) is 0 Å². The topological polar surface area (TPSA) is 118 Å². The number of rotatable bonds is 5. The zero-order chi connectivity index (χ0) is 14.8. The Hall–Kier alpha value is -1.64. The first-order valence-electron chi connectivity index (χ1n) is 4.93. The number of halogens is 1. The number of nitrogens with zero attached hydrogens (tertiary/aromatic N) is 1. The molecular weight excluding hydrogens is 296 g/mol. The molecule has 0 spiro atoms. The molecule has 0 aliphatic carbocycles. The average Bonchev–Trinajstić information content (AvgIpc) is 2.27. The molecule has 0 unspecified atom stereocenters. The quantitative estimate of drug-likeness (QED) is 0.802. The number of aromatic carboxylic acids is 1. The molecule has 0 fully saturated rings. The first-order valence-corrected chi connectivity index (χ1v) is 6.75. The van der Waals surface area contributed by atoms with E-state index < -0.39 is 28.4 Å². The molecule has 1 aromatic rings. The van der Waals surface area contributed by atoms with Crippen LogP contribution in [0.25, 0.3) is 0 Å². The van der Waals surface area contributed by atoms with Gasteiger partial charge in [0.25, 0.3) is 0 Å². The average molecular weight is 307 g/mol. The van der Waals surface area contributed by atoms with E-state index >= 15 is 0 Å². The molecule has 1 amide bonds. The standard InChI is InChI=1S/C10H11ClN2O5S/c1-13(5-9(12)14)19(17,18)6-2-3-7(10(15)16)8(11)4-6/h2-4H,5H2,1H3,(H2,12,14)(H,15,16). The van der Waals surface area contributed by atoms with Crippen LogP contribution in [-0.2, 0) is 14.8 Å². The van der Waals surface area contributed by atoms with Crippen molar-refractivity contribution in [2.45, 2.75) is 4.90 Å². The van der Waals surface area contributed by atoms with E-state index in [-0.39, 0.29) is 15.5 Å². The third kappa shape index (κ3) is 3.43. The Morgan fingerprint density at radius 1 is 1.42 bits per heavy atom. The molecule has 0 aromatic heterocycles. The highest BCUT2D eigenvalue weighted by molar-refractivity contribution is 7.89. The second-order valence-corrected chi connectivity index (χ2v) is 6.13. The highest BCUT2D eigenvalue weighted by Gasteiger charge is 2.23. The maximum Gasteiger partial charge on any atom is 0.337 e. The number of sulfonamides is 1. The molecule has 104 valence electrons. The number of nitrogens with two attached hydrogens (primary N) is 1. The molecule has 0 aliphatic rings. The lowest BCUT2D eigenvalue weighted by atomic mass is 10.2. The zero-order valence-electron chi connectivity index (χ0n) is 9.83. The molecule has 19 heavy (non-hydrogen) atoms. The molecule has 0 saturated carbocycles. The summed E-state index contributed by atoms with van der Waals surface area (Å²) in [6.45, 7) is -0.485. The van der Waals surface area contributed by atoms with Gasteiger partial charge in [-0.25, -0.2) is 13.2 Å². The van der Waals surface area contributed by atoms with E-state index in [0.29, 0.717) is 0 Å². The molecule has 0 radical (unpaired) electrons. The molecular formula is C10H11ClN2O5S. The molecule has 0 bridgehead atoms.